The van der Waals surface area contributed by atoms with E-state index in [1.807, 2.05) is 4.90 Å². The summed E-state index contributed by atoms with van der Waals surface area (Å²) in [7, 11) is 0. The Morgan fingerprint density at radius 1 is 1.41 bits per heavy atom. The standard InChI is InChI=1S/C12H23F3N2/c1-3-16-10(2)11-5-4-7-17(9-11)8-6-12(13,14)15/h10-11,16H,3-9H2,1-2H3. The molecule has 1 saturated heterocycles. The van der Waals surface area contributed by atoms with Crippen molar-refractivity contribution in [1.82, 2.24) is 10.2 Å². The van der Waals surface area contributed by atoms with E-state index in [0.29, 0.717) is 12.0 Å². The number of rotatable bonds is 5. The summed E-state index contributed by atoms with van der Waals surface area (Å²) in [5.74, 6) is 0.483. The predicted octanol–water partition coefficient (Wildman–Crippen LogP) is 2.65. The topological polar surface area (TPSA) is 15.3 Å². The van der Waals surface area contributed by atoms with Gasteiger partial charge < -0.3 is 10.2 Å². The lowest BCUT2D eigenvalue weighted by molar-refractivity contribution is -0.138. The van der Waals surface area contributed by atoms with Gasteiger partial charge in [-0.25, -0.2) is 0 Å². The van der Waals surface area contributed by atoms with Gasteiger partial charge in [-0.05, 0) is 38.8 Å². The van der Waals surface area contributed by atoms with Gasteiger partial charge in [0.2, 0.25) is 0 Å². The number of halogens is 3. The fraction of sp³-hybridized carbons (Fsp3) is 1.00. The first-order valence-corrected chi connectivity index (χ1v) is 6.45. The first kappa shape index (κ1) is 14.8. The molecule has 0 amide bonds. The molecule has 1 fully saturated rings. The van der Waals surface area contributed by atoms with Crippen LogP contribution in [0.4, 0.5) is 13.2 Å². The van der Waals surface area contributed by atoms with Crippen LogP contribution in [-0.2, 0) is 0 Å². The Hall–Kier alpha value is -0.290. The average Bonchev–Trinajstić information content (AvgIpc) is 2.26. The summed E-state index contributed by atoms with van der Waals surface area (Å²) < 4.78 is 36.4. The summed E-state index contributed by atoms with van der Waals surface area (Å²) >= 11 is 0. The van der Waals surface area contributed by atoms with Crippen LogP contribution in [0, 0.1) is 5.92 Å². The molecule has 0 bridgehead atoms. The maximum atomic E-state index is 12.1. The molecular weight excluding hydrogens is 229 g/mol. The molecule has 2 nitrogen and oxygen atoms in total. The lowest BCUT2D eigenvalue weighted by Crippen LogP contribution is -2.45. The molecule has 1 aliphatic rings. The molecule has 1 heterocycles. The maximum Gasteiger partial charge on any atom is 0.390 e. The molecule has 1 rings (SSSR count). The molecule has 0 spiro atoms. The first-order valence-electron chi connectivity index (χ1n) is 6.45. The van der Waals surface area contributed by atoms with E-state index in [1.54, 1.807) is 0 Å². The number of alkyl halides is 3. The van der Waals surface area contributed by atoms with Crippen molar-refractivity contribution in [3.05, 3.63) is 0 Å². The molecule has 0 aliphatic carbocycles. The summed E-state index contributed by atoms with van der Waals surface area (Å²) in [4.78, 5) is 1.95. The Balaban J connectivity index is 2.33. The molecule has 17 heavy (non-hydrogen) atoms. The molecule has 0 radical (unpaired) electrons. The van der Waals surface area contributed by atoms with E-state index >= 15 is 0 Å². The van der Waals surface area contributed by atoms with E-state index in [4.69, 9.17) is 0 Å². The monoisotopic (exact) mass is 252 g/mol. The van der Waals surface area contributed by atoms with E-state index in [9.17, 15) is 13.2 Å². The van der Waals surface area contributed by atoms with Crippen molar-refractivity contribution >= 4 is 0 Å². The molecule has 2 unspecified atom stereocenters. The first-order chi connectivity index (χ1) is 7.92. The highest BCUT2D eigenvalue weighted by atomic mass is 19.4. The fourth-order valence-electron chi connectivity index (χ4n) is 2.48. The molecule has 2 atom stereocenters. The van der Waals surface area contributed by atoms with Crippen LogP contribution in [0.25, 0.3) is 0 Å². The maximum absolute atomic E-state index is 12.1. The van der Waals surface area contributed by atoms with Gasteiger partial charge in [-0.1, -0.05) is 6.92 Å². The normalized spacial score (nSPS) is 24.9. The van der Waals surface area contributed by atoms with E-state index in [-0.39, 0.29) is 6.54 Å². The summed E-state index contributed by atoms with van der Waals surface area (Å²) in [6, 6.07) is 0.397. The molecule has 0 aromatic heterocycles. The highest BCUT2D eigenvalue weighted by molar-refractivity contribution is 4.80. The summed E-state index contributed by atoms with van der Waals surface area (Å²) in [5.41, 5.74) is 0. The summed E-state index contributed by atoms with van der Waals surface area (Å²) in [6.07, 6.45) is -2.58. The van der Waals surface area contributed by atoms with Gasteiger partial charge in [-0.15, -0.1) is 0 Å². The average molecular weight is 252 g/mol. The second-order valence-electron chi connectivity index (χ2n) is 4.91. The second-order valence-corrected chi connectivity index (χ2v) is 4.91. The fourth-order valence-corrected chi connectivity index (χ4v) is 2.48. The molecule has 1 aliphatic heterocycles. The zero-order valence-electron chi connectivity index (χ0n) is 10.7. The highest BCUT2D eigenvalue weighted by Crippen LogP contribution is 2.23. The smallest absolute Gasteiger partial charge is 0.314 e. The Labute approximate surface area is 102 Å². The van der Waals surface area contributed by atoms with Crippen LogP contribution in [0.3, 0.4) is 0 Å². The zero-order chi connectivity index (χ0) is 12.9. The van der Waals surface area contributed by atoms with Gasteiger partial charge in [0, 0.05) is 19.1 Å². The molecule has 5 heteroatoms. The Kier molecular flexibility index (Phi) is 5.73. The third kappa shape index (κ3) is 5.73. The van der Waals surface area contributed by atoms with Crippen molar-refractivity contribution in [2.45, 2.75) is 45.3 Å². The molecule has 0 aromatic rings. The van der Waals surface area contributed by atoms with Crippen molar-refractivity contribution < 1.29 is 13.2 Å². The predicted molar refractivity (Wildman–Crippen MR) is 63.0 cm³/mol. The largest absolute Gasteiger partial charge is 0.390 e. The molecule has 0 aromatic carbocycles. The van der Waals surface area contributed by atoms with Crippen molar-refractivity contribution in [1.29, 1.82) is 0 Å². The van der Waals surface area contributed by atoms with Crippen LogP contribution >= 0.6 is 0 Å². The number of hydrogen-bond acceptors (Lipinski definition) is 2. The highest BCUT2D eigenvalue weighted by Gasteiger charge is 2.30. The van der Waals surface area contributed by atoms with E-state index < -0.39 is 12.6 Å². The Morgan fingerprint density at radius 2 is 2.12 bits per heavy atom. The van der Waals surface area contributed by atoms with Crippen molar-refractivity contribution in [2.75, 3.05) is 26.2 Å². The van der Waals surface area contributed by atoms with Gasteiger partial charge in [0.1, 0.15) is 0 Å². The van der Waals surface area contributed by atoms with Gasteiger partial charge in [0.15, 0.2) is 0 Å². The minimum absolute atomic E-state index is 0.152. The van der Waals surface area contributed by atoms with Crippen LogP contribution in [0.2, 0.25) is 0 Å². The van der Waals surface area contributed by atoms with Crippen LogP contribution in [-0.4, -0.2) is 43.3 Å². The van der Waals surface area contributed by atoms with Gasteiger partial charge in [0.25, 0.3) is 0 Å². The number of hydrogen-bond donors (Lipinski definition) is 1. The lowest BCUT2D eigenvalue weighted by atomic mass is 9.91. The molecular formula is C12H23F3N2. The lowest BCUT2D eigenvalue weighted by Gasteiger charge is -2.36. The van der Waals surface area contributed by atoms with Crippen LogP contribution in [0.1, 0.15) is 33.1 Å². The number of nitrogens with one attached hydrogen (secondary N) is 1. The van der Waals surface area contributed by atoms with E-state index in [0.717, 1.165) is 32.5 Å². The minimum atomic E-state index is -4.03. The van der Waals surface area contributed by atoms with E-state index in [1.165, 1.54) is 0 Å². The Morgan fingerprint density at radius 3 is 2.71 bits per heavy atom. The molecule has 1 N–H and O–H groups in total. The van der Waals surface area contributed by atoms with Gasteiger partial charge in [-0.3, -0.25) is 0 Å². The number of nitrogens with zero attached hydrogens (tertiary/aromatic N) is 1. The number of likely N-dealkylation sites (tertiary alicyclic amines) is 1. The van der Waals surface area contributed by atoms with E-state index in [2.05, 4.69) is 19.2 Å². The summed E-state index contributed by atoms with van der Waals surface area (Å²) in [6.45, 7) is 6.86. The van der Waals surface area contributed by atoms with Crippen molar-refractivity contribution in [2.24, 2.45) is 5.92 Å². The number of piperidine rings is 1. The van der Waals surface area contributed by atoms with Gasteiger partial charge in [0.05, 0.1) is 6.42 Å². The quantitative estimate of drug-likeness (QED) is 0.809. The second kappa shape index (κ2) is 6.59. The van der Waals surface area contributed by atoms with Crippen molar-refractivity contribution in [3.63, 3.8) is 0 Å². The van der Waals surface area contributed by atoms with Crippen molar-refractivity contribution in [3.8, 4) is 0 Å². The van der Waals surface area contributed by atoms with Gasteiger partial charge in [-0.2, -0.15) is 13.2 Å². The molecule has 102 valence electrons. The zero-order valence-corrected chi connectivity index (χ0v) is 10.7. The van der Waals surface area contributed by atoms with Crippen LogP contribution < -0.4 is 5.32 Å². The van der Waals surface area contributed by atoms with Crippen LogP contribution in [0.5, 0.6) is 0 Å². The third-order valence-corrected chi connectivity index (χ3v) is 3.49. The molecule has 0 saturated carbocycles. The third-order valence-electron chi connectivity index (χ3n) is 3.49. The SMILES string of the molecule is CCNC(C)C1CCCN(CCC(F)(F)F)C1. The van der Waals surface area contributed by atoms with Gasteiger partial charge >= 0.3 is 6.18 Å². The Bertz CT molecular complexity index is 218. The van der Waals surface area contributed by atoms with Crippen LogP contribution in [0.15, 0.2) is 0 Å². The minimum Gasteiger partial charge on any atom is -0.314 e. The summed E-state index contributed by atoms with van der Waals surface area (Å²) in [5, 5.41) is 3.36.